The van der Waals surface area contributed by atoms with Crippen molar-refractivity contribution in [1.82, 2.24) is 9.62 Å². The summed E-state index contributed by atoms with van der Waals surface area (Å²) in [6.45, 7) is 1.09. The molecular formula is C23H26F2N2O3S. The smallest absolute Gasteiger partial charge is 0.226 e. The van der Waals surface area contributed by atoms with Crippen molar-refractivity contribution in [3.8, 4) is 11.1 Å². The molecule has 0 bridgehead atoms. The lowest BCUT2D eigenvalue weighted by atomic mass is 9.95. The van der Waals surface area contributed by atoms with Crippen LogP contribution in [0, 0.1) is 17.6 Å². The van der Waals surface area contributed by atoms with E-state index in [0.29, 0.717) is 37.9 Å². The second-order valence-corrected chi connectivity index (χ2v) is 10.3. The van der Waals surface area contributed by atoms with E-state index in [-0.39, 0.29) is 29.3 Å². The predicted molar refractivity (Wildman–Crippen MR) is 115 cm³/mol. The largest absolute Gasteiger partial charge is 0.342 e. The number of hydrogen-bond acceptors (Lipinski definition) is 3. The number of benzene rings is 2. The minimum atomic E-state index is -3.28. The van der Waals surface area contributed by atoms with Crippen molar-refractivity contribution in [2.75, 3.05) is 19.3 Å². The van der Waals surface area contributed by atoms with Gasteiger partial charge in [-0.15, -0.1) is 0 Å². The lowest BCUT2D eigenvalue weighted by molar-refractivity contribution is -0.132. The molecule has 2 fully saturated rings. The number of sulfonamides is 1. The van der Waals surface area contributed by atoms with Gasteiger partial charge in [-0.3, -0.25) is 4.79 Å². The summed E-state index contributed by atoms with van der Waals surface area (Å²) in [7, 11) is -3.28. The molecule has 1 heterocycles. The van der Waals surface area contributed by atoms with Crippen LogP contribution in [0.3, 0.4) is 0 Å². The number of halogens is 2. The van der Waals surface area contributed by atoms with Gasteiger partial charge in [-0.05, 0) is 54.9 Å². The zero-order chi connectivity index (χ0) is 22.2. The molecule has 1 saturated heterocycles. The van der Waals surface area contributed by atoms with Gasteiger partial charge in [0.1, 0.15) is 11.6 Å². The highest BCUT2D eigenvalue weighted by molar-refractivity contribution is 7.88. The molecule has 1 N–H and O–H groups in total. The average Bonchev–Trinajstić information content (AvgIpc) is 3.51. The first-order chi connectivity index (χ1) is 14.7. The van der Waals surface area contributed by atoms with E-state index in [2.05, 4.69) is 4.72 Å². The Bertz CT molecular complexity index is 1070. The first-order valence-electron chi connectivity index (χ1n) is 10.5. The van der Waals surface area contributed by atoms with Crippen molar-refractivity contribution in [3.63, 3.8) is 0 Å². The molecule has 0 aromatic heterocycles. The van der Waals surface area contributed by atoms with Crippen molar-refractivity contribution in [1.29, 1.82) is 0 Å². The SMILES string of the molecule is CS(=O)(=O)NC1CCCN(C(=O)C2CC2c2ccccc2-c2c(F)cccc2F)CC1. The fraction of sp³-hybridized carbons (Fsp3) is 0.435. The highest BCUT2D eigenvalue weighted by Crippen LogP contribution is 2.51. The standard InChI is InChI=1S/C23H26F2N2O3S/c1-31(29,30)26-15-6-5-12-27(13-11-15)23(28)19-14-18(19)16-7-2-3-8-17(16)22-20(24)9-4-10-21(22)25/h2-4,7-10,15,18-19,26H,5-6,11-14H2,1H3. The van der Waals surface area contributed by atoms with Crippen molar-refractivity contribution < 1.29 is 22.0 Å². The summed E-state index contributed by atoms with van der Waals surface area (Å²) in [6.07, 6.45) is 3.79. The summed E-state index contributed by atoms with van der Waals surface area (Å²) in [4.78, 5) is 14.9. The van der Waals surface area contributed by atoms with Crippen molar-refractivity contribution >= 4 is 15.9 Å². The molecule has 1 saturated carbocycles. The normalized spacial score (nSPS) is 24.0. The molecule has 31 heavy (non-hydrogen) atoms. The van der Waals surface area contributed by atoms with Crippen LogP contribution in [-0.2, 0) is 14.8 Å². The molecule has 0 radical (unpaired) electrons. The number of carbonyl (C=O) groups excluding carboxylic acids is 1. The maximum Gasteiger partial charge on any atom is 0.226 e. The summed E-state index contributed by atoms with van der Waals surface area (Å²) < 4.78 is 54.4. The molecule has 1 aliphatic heterocycles. The van der Waals surface area contributed by atoms with Gasteiger partial charge < -0.3 is 4.90 Å². The molecular weight excluding hydrogens is 422 g/mol. The molecule has 4 rings (SSSR count). The molecule has 3 atom stereocenters. The molecule has 1 aliphatic carbocycles. The minimum Gasteiger partial charge on any atom is -0.342 e. The molecule has 1 amide bonds. The Morgan fingerprint density at radius 2 is 1.74 bits per heavy atom. The van der Waals surface area contributed by atoms with Gasteiger partial charge in [0.15, 0.2) is 0 Å². The Kier molecular flexibility index (Phi) is 6.12. The Balaban J connectivity index is 1.48. The molecule has 0 spiro atoms. The van der Waals surface area contributed by atoms with Crippen molar-refractivity contribution in [3.05, 3.63) is 59.7 Å². The molecule has 2 aliphatic rings. The lowest BCUT2D eigenvalue weighted by Crippen LogP contribution is -2.36. The summed E-state index contributed by atoms with van der Waals surface area (Å²) >= 11 is 0. The van der Waals surface area contributed by atoms with Crippen LogP contribution in [0.1, 0.15) is 37.2 Å². The van der Waals surface area contributed by atoms with Gasteiger partial charge in [0.25, 0.3) is 0 Å². The first kappa shape index (κ1) is 21.9. The zero-order valence-corrected chi connectivity index (χ0v) is 18.2. The summed E-state index contributed by atoms with van der Waals surface area (Å²) in [5.41, 5.74) is 1.23. The van der Waals surface area contributed by atoms with Gasteiger partial charge in [-0.1, -0.05) is 30.3 Å². The fourth-order valence-electron chi connectivity index (χ4n) is 4.59. The van der Waals surface area contributed by atoms with Crippen molar-refractivity contribution in [2.45, 2.75) is 37.6 Å². The number of nitrogens with zero attached hydrogens (tertiary/aromatic N) is 1. The quantitative estimate of drug-likeness (QED) is 0.759. The number of rotatable bonds is 5. The molecule has 2 aromatic carbocycles. The third-order valence-electron chi connectivity index (χ3n) is 6.12. The summed E-state index contributed by atoms with van der Waals surface area (Å²) in [5, 5.41) is 0. The number of hydrogen-bond donors (Lipinski definition) is 1. The van der Waals surface area contributed by atoms with E-state index < -0.39 is 21.7 Å². The van der Waals surface area contributed by atoms with Crippen LogP contribution in [0.15, 0.2) is 42.5 Å². The maximum atomic E-state index is 14.4. The topological polar surface area (TPSA) is 66.5 Å². The molecule has 2 aromatic rings. The van der Waals surface area contributed by atoms with Crippen LogP contribution in [0.25, 0.3) is 11.1 Å². The Morgan fingerprint density at radius 1 is 1.03 bits per heavy atom. The Labute approximate surface area is 181 Å². The van der Waals surface area contributed by atoms with Gasteiger partial charge in [0.2, 0.25) is 15.9 Å². The minimum absolute atomic E-state index is 0.0359. The van der Waals surface area contributed by atoms with Crippen molar-refractivity contribution in [2.24, 2.45) is 5.92 Å². The molecule has 3 unspecified atom stereocenters. The summed E-state index contributed by atoms with van der Waals surface area (Å²) in [6, 6.07) is 10.8. The predicted octanol–water partition coefficient (Wildman–Crippen LogP) is 3.67. The zero-order valence-electron chi connectivity index (χ0n) is 17.4. The fourth-order valence-corrected chi connectivity index (χ4v) is 5.43. The first-order valence-corrected chi connectivity index (χ1v) is 12.4. The Morgan fingerprint density at radius 3 is 2.45 bits per heavy atom. The van der Waals surface area contributed by atoms with Crippen LogP contribution in [0.2, 0.25) is 0 Å². The monoisotopic (exact) mass is 448 g/mol. The number of likely N-dealkylation sites (tertiary alicyclic amines) is 1. The number of amides is 1. The van der Waals surface area contributed by atoms with E-state index in [1.807, 2.05) is 12.1 Å². The van der Waals surface area contributed by atoms with Gasteiger partial charge in [-0.25, -0.2) is 21.9 Å². The van der Waals surface area contributed by atoms with E-state index in [9.17, 15) is 22.0 Å². The van der Waals surface area contributed by atoms with Crippen LogP contribution in [-0.4, -0.2) is 44.6 Å². The Hall–Kier alpha value is -2.32. The third kappa shape index (κ3) is 4.96. The van der Waals surface area contributed by atoms with E-state index in [1.165, 1.54) is 18.2 Å². The van der Waals surface area contributed by atoms with Gasteiger partial charge in [0.05, 0.1) is 11.8 Å². The van der Waals surface area contributed by atoms with Gasteiger partial charge >= 0.3 is 0 Å². The van der Waals surface area contributed by atoms with Crippen LogP contribution in [0.4, 0.5) is 8.78 Å². The summed E-state index contributed by atoms with van der Waals surface area (Å²) in [5.74, 6) is -1.49. The van der Waals surface area contributed by atoms with E-state index in [0.717, 1.165) is 18.2 Å². The highest BCUT2D eigenvalue weighted by atomic mass is 32.2. The lowest BCUT2D eigenvalue weighted by Gasteiger charge is -2.21. The maximum absolute atomic E-state index is 14.4. The third-order valence-corrected chi connectivity index (χ3v) is 6.88. The van der Waals surface area contributed by atoms with Crippen LogP contribution in [0.5, 0.6) is 0 Å². The van der Waals surface area contributed by atoms with Crippen LogP contribution < -0.4 is 4.72 Å². The van der Waals surface area contributed by atoms with Crippen LogP contribution >= 0.6 is 0 Å². The second kappa shape index (κ2) is 8.67. The molecule has 5 nitrogen and oxygen atoms in total. The number of carbonyl (C=O) groups is 1. The number of nitrogens with one attached hydrogen (secondary N) is 1. The van der Waals surface area contributed by atoms with E-state index in [1.54, 1.807) is 17.0 Å². The molecule has 8 heteroatoms. The average molecular weight is 449 g/mol. The van der Waals surface area contributed by atoms with E-state index >= 15 is 0 Å². The van der Waals surface area contributed by atoms with Gasteiger partial charge in [0, 0.05) is 25.0 Å². The molecule has 166 valence electrons. The van der Waals surface area contributed by atoms with E-state index in [4.69, 9.17) is 0 Å². The van der Waals surface area contributed by atoms with Gasteiger partial charge in [-0.2, -0.15) is 0 Å². The highest BCUT2D eigenvalue weighted by Gasteiger charge is 2.47. The second-order valence-electron chi connectivity index (χ2n) is 8.48.